The van der Waals surface area contributed by atoms with E-state index in [1.807, 2.05) is 55.6 Å². The predicted molar refractivity (Wildman–Crippen MR) is 99.1 cm³/mol. The van der Waals surface area contributed by atoms with Crippen LogP contribution in [-0.4, -0.2) is 16.1 Å². The SMILES string of the molecule is Cc1cc(C)c(OCc2ccccc2)c(-c2csc(CC(=O)O)n2)c1. The molecular weight excluding hydrogens is 334 g/mol. The smallest absolute Gasteiger partial charge is 0.310 e. The fraction of sp³-hybridized carbons (Fsp3) is 0.200. The maximum absolute atomic E-state index is 10.9. The molecule has 2 aromatic carbocycles. The molecule has 1 heterocycles. The fourth-order valence-corrected chi connectivity index (χ4v) is 3.50. The molecule has 0 radical (unpaired) electrons. The van der Waals surface area contributed by atoms with Crippen molar-refractivity contribution >= 4 is 17.3 Å². The van der Waals surface area contributed by atoms with E-state index in [0.29, 0.717) is 11.6 Å². The lowest BCUT2D eigenvalue weighted by molar-refractivity contribution is -0.136. The Morgan fingerprint density at radius 1 is 1.20 bits per heavy atom. The highest BCUT2D eigenvalue weighted by molar-refractivity contribution is 7.10. The molecule has 3 rings (SSSR count). The first-order chi connectivity index (χ1) is 12.0. The largest absolute Gasteiger partial charge is 0.488 e. The highest BCUT2D eigenvalue weighted by Crippen LogP contribution is 2.35. The number of carboxylic acids is 1. The molecule has 4 nitrogen and oxygen atoms in total. The number of benzene rings is 2. The normalized spacial score (nSPS) is 10.6. The zero-order valence-electron chi connectivity index (χ0n) is 14.2. The monoisotopic (exact) mass is 353 g/mol. The molecule has 25 heavy (non-hydrogen) atoms. The molecule has 0 bridgehead atoms. The zero-order valence-corrected chi connectivity index (χ0v) is 15.0. The lowest BCUT2D eigenvalue weighted by atomic mass is 10.0. The van der Waals surface area contributed by atoms with E-state index < -0.39 is 5.97 Å². The maximum Gasteiger partial charge on any atom is 0.310 e. The maximum atomic E-state index is 10.9. The Balaban J connectivity index is 1.92. The van der Waals surface area contributed by atoms with Gasteiger partial charge in [0.15, 0.2) is 0 Å². The number of ether oxygens (including phenoxy) is 1. The van der Waals surface area contributed by atoms with Crippen molar-refractivity contribution in [2.45, 2.75) is 26.9 Å². The molecular formula is C20H19NO3S. The lowest BCUT2D eigenvalue weighted by Gasteiger charge is -2.14. The quantitative estimate of drug-likeness (QED) is 0.702. The molecule has 0 unspecified atom stereocenters. The van der Waals surface area contributed by atoms with Gasteiger partial charge in [0.05, 0.1) is 12.1 Å². The van der Waals surface area contributed by atoms with Gasteiger partial charge in [-0.25, -0.2) is 4.98 Å². The summed E-state index contributed by atoms with van der Waals surface area (Å²) in [5, 5.41) is 11.4. The summed E-state index contributed by atoms with van der Waals surface area (Å²) in [6, 6.07) is 14.1. The number of rotatable bonds is 6. The van der Waals surface area contributed by atoms with Crippen molar-refractivity contribution in [1.29, 1.82) is 0 Å². The summed E-state index contributed by atoms with van der Waals surface area (Å²) >= 11 is 1.36. The van der Waals surface area contributed by atoms with Gasteiger partial charge in [-0.1, -0.05) is 36.4 Å². The van der Waals surface area contributed by atoms with Crippen molar-refractivity contribution in [3.05, 3.63) is 69.5 Å². The van der Waals surface area contributed by atoms with Gasteiger partial charge in [0.25, 0.3) is 0 Å². The van der Waals surface area contributed by atoms with E-state index in [-0.39, 0.29) is 6.42 Å². The lowest BCUT2D eigenvalue weighted by Crippen LogP contribution is -2.01. The van der Waals surface area contributed by atoms with Crippen molar-refractivity contribution in [1.82, 2.24) is 4.98 Å². The molecule has 0 saturated heterocycles. The second-order valence-corrected chi connectivity index (χ2v) is 6.87. The molecule has 0 spiro atoms. The molecule has 0 amide bonds. The number of thiazole rings is 1. The van der Waals surface area contributed by atoms with Crippen LogP contribution in [0.2, 0.25) is 0 Å². The summed E-state index contributed by atoms with van der Waals surface area (Å²) in [4.78, 5) is 15.4. The van der Waals surface area contributed by atoms with Crippen LogP contribution in [0.4, 0.5) is 0 Å². The Morgan fingerprint density at radius 2 is 1.96 bits per heavy atom. The minimum Gasteiger partial charge on any atom is -0.488 e. The van der Waals surface area contributed by atoms with Crippen LogP contribution in [0, 0.1) is 13.8 Å². The van der Waals surface area contributed by atoms with Gasteiger partial charge in [0.1, 0.15) is 17.4 Å². The van der Waals surface area contributed by atoms with Crippen LogP contribution in [-0.2, 0) is 17.8 Å². The van der Waals surface area contributed by atoms with E-state index in [1.165, 1.54) is 11.3 Å². The first-order valence-corrected chi connectivity index (χ1v) is 8.85. The van der Waals surface area contributed by atoms with E-state index in [1.54, 1.807) is 0 Å². The van der Waals surface area contributed by atoms with Gasteiger partial charge in [0.2, 0.25) is 0 Å². The second-order valence-electron chi connectivity index (χ2n) is 5.93. The second kappa shape index (κ2) is 7.49. The number of aryl methyl sites for hydroxylation is 2. The topological polar surface area (TPSA) is 59.4 Å². The van der Waals surface area contributed by atoms with E-state index in [2.05, 4.69) is 11.1 Å². The van der Waals surface area contributed by atoms with Gasteiger partial charge >= 0.3 is 5.97 Å². The van der Waals surface area contributed by atoms with Crippen molar-refractivity contribution in [2.75, 3.05) is 0 Å². The number of hydrogen-bond donors (Lipinski definition) is 1. The van der Waals surface area contributed by atoms with E-state index in [0.717, 1.165) is 33.7 Å². The molecule has 128 valence electrons. The van der Waals surface area contributed by atoms with Gasteiger partial charge in [-0.2, -0.15) is 0 Å². The zero-order chi connectivity index (χ0) is 17.8. The summed E-state index contributed by atoms with van der Waals surface area (Å²) in [5.74, 6) is -0.0801. The van der Waals surface area contributed by atoms with E-state index in [4.69, 9.17) is 9.84 Å². The van der Waals surface area contributed by atoms with Crippen LogP contribution < -0.4 is 4.74 Å². The standard InChI is InChI=1S/C20H19NO3S/c1-13-8-14(2)20(24-11-15-6-4-3-5-7-15)16(9-13)17-12-25-18(21-17)10-19(22)23/h3-9,12H,10-11H2,1-2H3,(H,22,23). The molecule has 0 saturated carbocycles. The highest BCUT2D eigenvalue weighted by atomic mass is 32.1. The Hall–Kier alpha value is -2.66. The van der Waals surface area contributed by atoms with Crippen LogP contribution in [0.1, 0.15) is 21.7 Å². The Morgan fingerprint density at radius 3 is 2.68 bits per heavy atom. The van der Waals surface area contributed by atoms with E-state index in [9.17, 15) is 4.79 Å². The molecule has 1 aromatic heterocycles. The van der Waals surface area contributed by atoms with Crippen LogP contribution in [0.15, 0.2) is 47.8 Å². The van der Waals surface area contributed by atoms with Gasteiger partial charge in [-0.15, -0.1) is 11.3 Å². The average Bonchev–Trinajstić information content (AvgIpc) is 3.02. The Kier molecular flexibility index (Phi) is 5.14. The van der Waals surface area contributed by atoms with E-state index >= 15 is 0 Å². The predicted octanol–water partition coefficient (Wildman–Crippen LogP) is 4.63. The molecule has 0 aliphatic heterocycles. The number of aromatic nitrogens is 1. The van der Waals surface area contributed by atoms with Crippen LogP contribution in [0.25, 0.3) is 11.3 Å². The summed E-state index contributed by atoms with van der Waals surface area (Å²) < 4.78 is 6.10. The summed E-state index contributed by atoms with van der Waals surface area (Å²) in [7, 11) is 0. The van der Waals surface area contributed by atoms with Gasteiger partial charge < -0.3 is 9.84 Å². The molecule has 3 aromatic rings. The van der Waals surface area contributed by atoms with Gasteiger partial charge in [-0.05, 0) is 36.6 Å². The number of carbonyl (C=O) groups is 1. The van der Waals surface area contributed by atoms with Gasteiger partial charge in [-0.3, -0.25) is 4.79 Å². The van der Waals surface area contributed by atoms with Crippen molar-refractivity contribution in [2.24, 2.45) is 0 Å². The number of aliphatic carboxylic acids is 1. The van der Waals surface area contributed by atoms with Crippen LogP contribution in [0.5, 0.6) is 5.75 Å². The summed E-state index contributed by atoms with van der Waals surface area (Å²) in [6.45, 7) is 4.52. The van der Waals surface area contributed by atoms with Gasteiger partial charge in [0, 0.05) is 10.9 Å². The van der Waals surface area contributed by atoms with Crippen molar-refractivity contribution in [3.8, 4) is 17.0 Å². The molecule has 0 atom stereocenters. The average molecular weight is 353 g/mol. The first-order valence-electron chi connectivity index (χ1n) is 7.97. The number of hydrogen-bond acceptors (Lipinski definition) is 4. The minimum atomic E-state index is -0.873. The Bertz CT molecular complexity index is 887. The minimum absolute atomic E-state index is 0.0599. The first kappa shape index (κ1) is 17.2. The number of nitrogens with zero attached hydrogens (tertiary/aromatic N) is 1. The Labute approximate surface area is 150 Å². The van der Waals surface area contributed by atoms with Crippen molar-refractivity contribution < 1.29 is 14.6 Å². The third kappa shape index (κ3) is 4.25. The summed E-state index contributed by atoms with van der Waals surface area (Å²) in [5.41, 5.74) is 4.92. The third-order valence-electron chi connectivity index (χ3n) is 3.78. The summed E-state index contributed by atoms with van der Waals surface area (Å²) in [6.07, 6.45) is -0.0599. The third-order valence-corrected chi connectivity index (χ3v) is 4.62. The molecule has 1 N–H and O–H groups in total. The molecule has 0 fully saturated rings. The van der Waals surface area contributed by atoms with Crippen LogP contribution >= 0.6 is 11.3 Å². The fourth-order valence-electron chi connectivity index (χ4n) is 2.71. The molecule has 0 aliphatic carbocycles. The van der Waals surface area contributed by atoms with Crippen LogP contribution in [0.3, 0.4) is 0 Å². The highest BCUT2D eigenvalue weighted by Gasteiger charge is 2.15. The molecule has 5 heteroatoms. The molecule has 0 aliphatic rings. The van der Waals surface area contributed by atoms with Crippen molar-refractivity contribution in [3.63, 3.8) is 0 Å². The number of carboxylic acid groups (broad SMARTS) is 1.